The fourth-order valence-electron chi connectivity index (χ4n) is 3.04. The number of thioether (sulfide) groups is 1. The van der Waals surface area contributed by atoms with Crippen molar-refractivity contribution in [2.24, 2.45) is 4.99 Å². The van der Waals surface area contributed by atoms with Crippen LogP contribution in [0.25, 0.3) is 0 Å². The minimum absolute atomic E-state index is 0.685. The lowest BCUT2D eigenvalue weighted by molar-refractivity contribution is 0.311. The molecule has 2 N–H and O–H groups in total. The fraction of sp³-hybridized carbons (Fsp3) is 0.409. The third-order valence-corrected chi connectivity index (χ3v) is 5.56. The number of nitrogens with one attached hydrogen (secondary N) is 2. The summed E-state index contributed by atoms with van der Waals surface area (Å²) < 4.78 is 5.71. The summed E-state index contributed by atoms with van der Waals surface area (Å²) in [6.45, 7) is 4.55. The van der Waals surface area contributed by atoms with Crippen LogP contribution in [-0.4, -0.2) is 50.8 Å². The maximum absolute atomic E-state index is 5.71. The predicted octanol–water partition coefficient (Wildman–Crippen LogP) is 3.37. The van der Waals surface area contributed by atoms with Crippen LogP contribution in [0.15, 0.2) is 59.6 Å². The number of aliphatic imine (C=N–C) groups is 1. The van der Waals surface area contributed by atoms with Crippen LogP contribution in [0.2, 0.25) is 0 Å². The summed E-state index contributed by atoms with van der Waals surface area (Å²) in [5.74, 6) is 4.18. The number of anilines is 1. The number of guanidine groups is 1. The fourth-order valence-corrected chi connectivity index (χ4v) is 3.94. The van der Waals surface area contributed by atoms with Crippen molar-refractivity contribution in [1.29, 1.82) is 0 Å². The van der Waals surface area contributed by atoms with Crippen LogP contribution in [0.1, 0.15) is 12.0 Å². The van der Waals surface area contributed by atoms with Gasteiger partial charge in [0.05, 0.1) is 6.61 Å². The number of hydrogen-bond donors (Lipinski definition) is 2. The third-order valence-electron chi connectivity index (χ3n) is 4.62. The van der Waals surface area contributed by atoms with E-state index in [-0.39, 0.29) is 0 Å². The highest BCUT2D eigenvalue weighted by molar-refractivity contribution is 7.99. The molecule has 1 heterocycles. The molecule has 0 saturated carbocycles. The SMILES string of the molecule is CN=C(NCCCOc1ccccc1)NCc1ccc(N2CCSCC2)cc1. The summed E-state index contributed by atoms with van der Waals surface area (Å²) in [5, 5.41) is 6.71. The van der Waals surface area contributed by atoms with Crippen molar-refractivity contribution in [3.05, 3.63) is 60.2 Å². The average molecular weight is 399 g/mol. The van der Waals surface area contributed by atoms with Crippen LogP contribution >= 0.6 is 11.8 Å². The monoisotopic (exact) mass is 398 g/mol. The van der Waals surface area contributed by atoms with Crippen LogP contribution in [-0.2, 0) is 6.54 Å². The van der Waals surface area contributed by atoms with Crippen LogP contribution in [0.5, 0.6) is 5.75 Å². The zero-order valence-corrected chi connectivity index (χ0v) is 17.4. The Bertz CT molecular complexity index is 715. The van der Waals surface area contributed by atoms with Gasteiger partial charge in [-0.2, -0.15) is 11.8 Å². The molecule has 3 rings (SSSR count). The second-order valence-corrected chi connectivity index (χ2v) is 7.86. The van der Waals surface area contributed by atoms with Crippen LogP contribution in [0, 0.1) is 0 Å². The van der Waals surface area contributed by atoms with E-state index >= 15 is 0 Å². The Hall–Kier alpha value is -2.34. The lowest BCUT2D eigenvalue weighted by Gasteiger charge is -2.28. The first-order valence-electron chi connectivity index (χ1n) is 9.89. The van der Waals surface area contributed by atoms with Crippen molar-refractivity contribution in [2.75, 3.05) is 49.7 Å². The van der Waals surface area contributed by atoms with Gasteiger partial charge in [0.15, 0.2) is 5.96 Å². The molecular formula is C22H30N4OS. The molecule has 0 unspecified atom stereocenters. The van der Waals surface area contributed by atoms with Gasteiger partial charge in [-0.15, -0.1) is 0 Å². The first-order chi connectivity index (χ1) is 13.8. The normalized spacial score (nSPS) is 14.6. The highest BCUT2D eigenvalue weighted by atomic mass is 32.2. The second kappa shape index (κ2) is 11.5. The second-order valence-electron chi connectivity index (χ2n) is 6.63. The van der Waals surface area contributed by atoms with Crippen molar-refractivity contribution >= 4 is 23.4 Å². The molecule has 1 fully saturated rings. The van der Waals surface area contributed by atoms with E-state index in [1.165, 1.54) is 22.8 Å². The highest BCUT2D eigenvalue weighted by Crippen LogP contribution is 2.19. The minimum Gasteiger partial charge on any atom is -0.494 e. The van der Waals surface area contributed by atoms with Gasteiger partial charge in [0.2, 0.25) is 0 Å². The van der Waals surface area contributed by atoms with E-state index in [1.807, 2.05) is 42.1 Å². The first-order valence-corrected chi connectivity index (χ1v) is 11.0. The molecule has 1 saturated heterocycles. The molecule has 6 heteroatoms. The third kappa shape index (κ3) is 6.68. The van der Waals surface area contributed by atoms with Crippen LogP contribution in [0.4, 0.5) is 5.69 Å². The molecule has 2 aromatic carbocycles. The van der Waals surface area contributed by atoms with Gasteiger partial charge in [0.1, 0.15) is 5.75 Å². The molecular weight excluding hydrogens is 368 g/mol. The number of nitrogens with zero attached hydrogens (tertiary/aromatic N) is 2. The van der Waals surface area contributed by atoms with Crippen molar-refractivity contribution in [3.63, 3.8) is 0 Å². The molecule has 0 atom stereocenters. The Kier molecular flexibility index (Phi) is 8.37. The van der Waals surface area contributed by atoms with Crippen molar-refractivity contribution in [1.82, 2.24) is 10.6 Å². The molecule has 28 heavy (non-hydrogen) atoms. The van der Waals surface area contributed by atoms with Gasteiger partial charge in [0.25, 0.3) is 0 Å². The number of hydrogen-bond acceptors (Lipinski definition) is 4. The zero-order chi connectivity index (χ0) is 19.4. The van der Waals surface area contributed by atoms with Gasteiger partial charge in [-0.3, -0.25) is 4.99 Å². The van der Waals surface area contributed by atoms with Crippen molar-refractivity contribution in [2.45, 2.75) is 13.0 Å². The Labute approximate surface area is 172 Å². The molecule has 1 aliphatic heterocycles. The van der Waals surface area contributed by atoms with Crippen LogP contribution < -0.4 is 20.3 Å². The van der Waals surface area contributed by atoms with E-state index in [0.717, 1.165) is 44.3 Å². The molecule has 0 aromatic heterocycles. The molecule has 1 aliphatic rings. The number of benzene rings is 2. The number of rotatable bonds is 8. The van der Waals surface area contributed by atoms with Gasteiger partial charge in [-0.1, -0.05) is 30.3 Å². The molecule has 5 nitrogen and oxygen atoms in total. The van der Waals surface area contributed by atoms with Gasteiger partial charge in [0, 0.05) is 50.4 Å². The Morgan fingerprint density at radius 2 is 1.79 bits per heavy atom. The summed E-state index contributed by atoms with van der Waals surface area (Å²) in [6, 6.07) is 18.8. The first kappa shape index (κ1) is 20.4. The van der Waals surface area contributed by atoms with E-state index < -0.39 is 0 Å². The molecule has 150 valence electrons. The van der Waals surface area contributed by atoms with Gasteiger partial charge >= 0.3 is 0 Å². The topological polar surface area (TPSA) is 48.9 Å². The molecule has 0 bridgehead atoms. The molecule has 0 radical (unpaired) electrons. The lowest BCUT2D eigenvalue weighted by Crippen LogP contribution is -2.37. The van der Waals surface area contributed by atoms with Gasteiger partial charge in [-0.05, 0) is 36.2 Å². The van der Waals surface area contributed by atoms with Gasteiger partial charge in [-0.25, -0.2) is 0 Å². The van der Waals surface area contributed by atoms with Gasteiger partial charge < -0.3 is 20.3 Å². The molecule has 2 aromatic rings. The Balaban J connectivity index is 1.34. The summed E-state index contributed by atoms with van der Waals surface area (Å²) in [5.41, 5.74) is 2.58. The van der Waals surface area contributed by atoms with E-state index in [2.05, 4.69) is 44.8 Å². The maximum Gasteiger partial charge on any atom is 0.191 e. The maximum atomic E-state index is 5.71. The van der Waals surface area contributed by atoms with E-state index in [1.54, 1.807) is 7.05 Å². The summed E-state index contributed by atoms with van der Waals surface area (Å²) >= 11 is 2.04. The standard InChI is InChI=1S/C22H30N4OS/c1-23-22(24-12-5-15-27-21-6-3-2-4-7-21)25-18-19-8-10-20(11-9-19)26-13-16-28-17-14-26/h2-4,6-11H,5,12-18H2,1H3,(H2,23,24,25). The average Bonchev–Trinajstić information content (AvgIpc) is 2.77. The molecule has 0 amide bonds. The highest BCUT2D eigenvalue weighted by Gasteiger charge is 2.10. The summed E-state index contributed by atoms with van der Waals surface area (Å²) in [6.07, 6.45) is 0.915. The van der Waals surface area contributed by atoms with Crippen LogP contribution in [0.3, 0.4) is 0 Å². The summed E-state index contributed by atoms with van der Waals surface area (Å²) in [4.78, 5) is 6.76. The Morgan fingerprint density at radius 3 is 2.50 bits per heavy atom. The molecule has 0 spiro atoms. The quantitative estimate of drug-likeness (QED) is 0.406. The predicted molar refractivity (Wildman–Crippen MR) is 121 cm³/mol. The molecule has 0 aliphatic carbocycles. The van der Waals surface area contributed by atoms with Crippen molar-refractivity contribution < 1.29 is 4.74 Å². The van der Waals surface area contributed by atoms with E-state index in [4.69, 9.17) is 4.74 Å². The lowest BCUT2D eigenvalue weighted by atomic mass is 10.2. The number of para-hydroxylation sites is 1. The number of ether oxygens (including phenoxy) is 1. The van der Waals surface area contributed by atoms with Crippen molar-refractivity contribution in [3.8, 4) is 5.75 Å². The Morgan fingerprint density at radius 1 is 1.04 bits per heavy atom. The zero-order valence-electron chi connectivity index (χ0n) is 16.6. The minimum atomic E-state index is 0.685. The van der Waals surface area contributed by atoms with E-state index in [0.29, 0.717) is 6.61 Å². The van der Waals surface area contributed by atoms with E-state index in [9.17, 15) is 0 Å². The largest absolute Gasteiger partial charge is 0.494 e. The smallest absolute Gasteiger partial charge is 0.191 e. The summed E-state index contributed by atoms with van der Waals surface area (Å²) in [7, 11) is 1.80.